The lowest BCUT2D eigenvalue weighted by molar-refractivity contribution is 0.0945. The van der Waals surface area contributed by atoms with Crippen LogP contribution < -0.4 is 10.6 Å². The minimum absolute atomic E-state index is 0.196. The Morgan fingerprint density at radius 3 is 2.18 bits per heavy atom. The Kier molecular flexibility index (Phi) is 5.84. The highest BCUT2D eigenvalue weighted by Gasteiger charge is 2.13. The average Bonchev–Trinajstić information content (AvgIpc) is 2.70. The van der Waals surface area contributed by atoms with Crippen LogP contribution in [0.4, 0.5) is 5.69 Å². The minimum Gasteiger partial charge on any atom is -0.347 e. The first-order chi connectivity index (χ1) is 13.4. The highest BCUT2D eigenvalue weighted by Crippen LogP contribution is 2.15. The Balaban J connectivity index is 1.66. The summed E-state index contributed by atoms with van der Waals surface area (Å²) in [5, 5.41) is 5.65. The Morgan fingerprint density at radius 2 is 1.50 bits per heavy atom. The van der Waals surface area contributed by atoms with E-state index in [1.165, 1.54) is 5.56 Å². The van der Waals surface area contributed by atoms with Crippen LogP contribution in [0.25, 0.3) is 0 Å². The Labute approximate surface area is 164 Å². The smallest absolute Gasteiger partial charge is 0.274 e. The van der Waals surface area contributed by atoms with Crippen LogP contribution in [0.5, 0.6) is 0 Å². The molecular formula is C23H23N3O2. The van der Waals surface area contributed by atoms with E-state index in [0.717, 1.165) is 16.7 Å². The first-order valence-electron chi connectivity index (χ1n) is 9.12. The highest BCUT2D eigenvalue weighted by atomic mass is 16.2. The predicted molar refractivity (Wildman–Crippen MR) is 110 cm³/mol. The first kappa shape index (κ1) is 19.3. The summed E-state index contributed by atoms with van der Waals surface area (Å²) in [6.45, 7) is 6.42. The van der Waals surface area contributed by atoms with E-state index in [1.807, 2.05) is 63.2 Å². The molecule has 0 aliphatic carbocycles. The van der Waals surface area contributed by atoms with Gasteiger partial charge in [0.1, 0.15) is 11.4 Å². The summed E-state index contributed by atoms with van der Waals surface area (Å²) >= 11 is 0. The molecule has 0 radical (unpaired) electrons. The van der Waals surface area contributed by atoms with Gasteiger partial charge in [0.15, 0.2) is 0 Å². The lowest BCUT2D eigenvalue weighted by Gasteiger charge is -2.09. The average molecular weight is 373 g/mol. The van der Waals surface area contributed by atoms with Gasteiger partial charge in [-0.3, -0.25) is 9.59 Å². The van der Waals surface area contributed by atoms with E-state index in [0.29, 0.717) is 12.2 Å². The maximum atomic E-state index is 12.5. The zero-order chi connectivity index (χ0) is 20.1. The van der Waals surface area contributed by atoms with Crippen molar-refractivity contribution in [1.82, 2.24) is 10.3 Å². The number of carbonyl (C=O) groups is 2. The molecule has 3 rings (SSSR count). The molecule has 3 aromatic rings. The number of benzene rings is 2. The van der Waals surface area contributed by atoms with Crippen molar-refractivity contribution in [1.29, 1.82) is 0 Å². The van der Waals surface area contributed by atoms with Crippen molar-refractivity contribution < 1.29 is 9.59 Å². The molecule has 1 aromatic heterocycles. The van der Waals surface area contributed by atoms with Gasteiger partial charge in [-0.15, -0.1) is 0 Å². The second-order valence-electron chi connectivity index (χ2n) is 6.83. The number of amides is 2. The molecule has 0 atom stereocenters. The fraction of sp³-hybridized carbons (Fsp3) is 0.174. The number of nitrogens with one attached hydrogen (secondary N) is 2. The topological polar surface area (TPSA) is 71.1 Å². The van der Waals surface area contributed by atoms with Crippen LogP contribution in [0.2, 0.25) is 0 Å². The zero-order valence-corrected chi connectivity index (χ0v) is 16.2. The summed E-state index contributed by atoms with van der Waals surface area (Å²) in [7, 11) is 0. The molecule has 2 aromatic carbocycles. The number of aryl methyl sites for hydroxylation is 3. The molecule has 5 nitrogen and oxygen atoms in total. The lowest BCUT2D eigenvalue weighted by atomic mass is 10.1. The lowest BCUT2D eigenvalue weighted by Crippen LogP contribution is -2.25. The quantitative estimate of drug-likeness (QED) is 0.704. The zero-order valence-electron chi connectivity index (χ0n) is 16.2. The number of nitrogens with zero attached hydrogens (tertiary/aromatic N) is 1. The summed E-state index contributed by atoms with van der Waals surface area (Å²) in [4.78, 5) is 29.1. The molecule has 142 valence electrons. The fourth-order valence-electron chi connectivity index (χ4n) is 2.68. The number of carbonyl (C=O) groups excluding carboxylic acids is 2. The molecule has 1 heterocycles. The third kappa shape index (κ3) is 4.82. The molecule has 0 bridgehead atoms. The maximum absolute atomic E-state index is 12.5. The summed E-state index contributed by atoms with van der Waals surface area (Å²) in [6.07, 6.45) is 0. The molecule has 2 amide bonds. The second-order valence-corrected chi connectivity index (χ2v) is 6.83. The van der Waals surface area contributed by atoms with Crippen molar-refractivity contribution in [2.75, 3.05) is 5.32 Å². The van der Waals surface area contributed by atoms with Gasteiger partial charge in [-0.05, 0) is 61.7 Å². The van der Waals surface area contributed by atoms with Crippen LogP contribution in [0.15, 0.2) is 60.7 Å². The van der Waals surface area contributed by atoms with Crippen molar-refractivity contribution in [3.05, 3.63) is 94.3 Å². The van der Waals surface area contributed by atoms with Crippen molar-refractivity contribution >= 4 is 17.5 Å². The summed E-state index contributed by atoms with van der Waals surface area (Å²) in [6, 6.07) is 18.5. The van der Waals surface area contributed by atoms with E-state index in [-0.39, 0.29) is 23.2 Å². The number of pyridine rings is 1. The van der Waals surface area contributed by atoms with E-state index in [4.69, 9.17) is 0 Å². The molecule has 5 heteroatoms. The minimum atomic E-state index is -0.351. The number of rotatable bonds is 5. The van der Waals surface area contributed by atoms with Crippen molar-refractivity contribution in [2.45, 2.75) is 27.3 Å². The second kappa shape index (κ2) is 8.48. The number of hydrogen-bond acceptors (Lipinski definition) is 3. The fourth-order valence-corrected chi connectivity index (χ4v) is 2.68. The normalized spacial score (nSPS) is 10.4. The van der Waals surface area contributed by atoms with E-state index in [9.17, 15) is 9.59 Å². The van der Waals surface area contributed by atoms with Gasteiger partial charge in [0.25, 0.3) is 11.8 Å². The van der Waals surface area contributed by atoms with Gasteiger partial charge in [-0.1, -0.05) is 42.0 Å². The molecule has 0 spiro atoms. The number of hydrogen-bond donors (Lipinski definition) is 2. The molecule has 0 saturated heterocycles. The summed E-state index contributed by atoms with van der Waals surface area (Å²) in [5.74, 6) is -0.669. The molecule has 2 N–H and O–H groups in total. The SMILES string of the molecule is Cc1ccc(CNC(=O)c2cccc(C(=O)Nc3ccc(C)c(C)c3)n2)cc1. The van der Waals surface area contributed by atoms with Gasteiger partial charge >= 0.3 is 0 Å². The van der Waals surface area contributed by atoms with Crippen LogP contribution in [0.1, 0.15) is 43.2 Å². The highest BCUT2D eigenvalue weighted by molar-refractivity contribution is 6.03. The van der Waals surface area contributed by atoms with Gasteiger partial charge < -0.3 is 10.6 Å². The Hall–Kier alpha value is -3.47. The largest absolute Gasteiger partial charge is 0.347 e. The summed E-state index contributed by atoms with van der Waals surface area (Å²) in [5.41, 5.74) is 5.52. The molecule has 0 aliphatic rings. The standard InChI is InChI=1S/C23H23N3O2/c1-15-7-10-18(11-8-15)14-24-22(27)20-5-4-6-21(26-20)23(28)25-19-12-9-16(2)17(3)13-19/h4-13H,14H2,1-3H3,(H,24,27)(H,25,28). The Bertz CT molecular complexity index is 1010. The van der Waals surface area contributed by atoms with Crippen LogP contribution in [-0.4, -0.2) is 16.8 Å². The first-order valence-corrected chi connectivity index (χ1v) is 9.12. The number of anilines is 1. The van der Waals surface area contributed by atoms with Crippen LogP contribution in [0.3, 0.4) is 0 Å². The van der Waals surface area contributed by atoms with Gasteiger partial charge in [0, 0.05) is 12.2 Å². The molecule has 0 unspecified atom stereocenters. The molecule has 0 aliphatic heterocycles. The van der Waals surface area contributed by atoms with Crippen LogP contribution in [0, 0.1) is 20.8 Å². The Morgan fingerprint density at radius 1 is 0.821 bits per heavy atom. The third-order valence-corrected chi connectivity index (χ3v) is 4.55. The maximum Gasteiger partial charge on any atom is 0.274 e. The van der Waals surface area contributed by atoms with Crippen molar-refractivity contribution in [3.8, 4) is 0 Å². The number of aromatic nitrogens is 1. The summed E-state index contributed by atoms with van der Waals surface area (Å²) < 4.78 is 0. The molecule has 0 saturated carbocycles. The molecule has 0 fully saturated rings. The molecular weight excluding hydrogens is 350 g/mol. The van der Waals surface area contributed by atoms with E-state index in [1.54, 1.807) is 18.2 Å². The van der Waals surface area contributed by atoms with Crippen LogP contribution >= 0.6 is 0 Å². The predicted octanol–water partition coefficient (Wildman–Crippen LogP) is 4.19. The third-order valence-electron chi connectivity index (χ3n) is 4.55. The van der Waals surface area contributed by atoms with Crippen molar-refractivity contribution in [2.24, 2.45) is 0 Å². The van der Waals surface area contributed by atoms with Gasteiger partial charge in [0.2, 0.25) is 0 Å². The van der Waals surface area contributed by atoms with Gasteiger partial charge in [0.05, 0.1) is 0 Å². The van der Waals surface area contributed by atoms with E-state index < -0.39 is 0 Å². The van der Waals surface area contributed by atoms with Gasteiger partial charge in [-0.2, -0.15) is 0 Å². The monoisotopic (exact) mass is 373 g/mol. The van der Waals surface area contributed by atoms with Gasteiger partial charge in [-0.25, -0.2) is 4.98 Å². The van der Waals surface area contributed by atoms with Crippen LogP contribution in [-0.2, 0) is 6.54 Å². The molecule has 28 heavy (non-hydrogen) atoms. The van der Waals surface area contributed by atoms with E-state index >= 15 is 0 Å². The van der Waals surface area contributed by atoms with Crippen molar-refractivity contribution in [3.63, 3.8) is 0 Å². The van der Waals surface area contributed by atoms with E-state index in [2.05, 4.69) is 15.6 Å².